The SMILES string of the molecule is N#CC(C#N)=NNc1ccc(N)cc1. The van der Waals surface area contributed by atoms with Gasteiger partial charge in [0.2, 0.25) is 5.71 Å². The molecule has 0 atom stereocenters. The highest BCUT2D eigenvalue weighted by molar-refractivity contribution is 6.10. The summed E-state index contributed by atoms with van der Waals surface area (Å²) in [6.45, 7) is 0. The number of anilines is 2. The third kappa shape index (κ3) is 2.50. The molecule has 0 aliphatic carbocycles. The number of hydrazone groups is 1. The van der Waals surface area contributed by atoms with Crippen molar-refractivity contribution in [2.24, 2.45) is 5.10 Å². The minimum Gasteiger partial charge on any atom is -0.399 e. The van der Waals surface area contributed by atoms with Crippen LogP contribution in [0.15, 0.2) is 29.4 Å². The van der Waals surface area contributed by atoms with E-state index < -0.39 is 0 Å². The van der Waals surface area contributed by atoms with Gasteiger partial charge in [0.25, 0.3) is 0 Å². The summed E-state index contributed by atoms with van der Waals surface area (Å²) in [5.41, 5.74) is 9.12. The molecule has 0 bridgehead atoms. The van der Waals surface area contributed by atoms with Crippen LogP contribution in [-0.2, 0) is 0 Å². The van der Waals surface area contributed by atoms with Gasteiger partial charge in [-0.2, -0.15) is 15.6 Å². The third-order valence-corrected chi connectivity index (χ3v) is 1.42. The van der Waals surface area contributed by atoms with Gasteiger partial charge < -0.3 is 5.73 Å². The summed E-state index contributed by atoms with van der Waals surface area (Å²) >= 11 is 0. The maximum Gasteiger partial charge on any atom is 0.237 e. The predicted octanol–water partition coefficient (Wildman–Crippen LogP) is 1.08. The van der Waals surface area contributed by atoms with Crippen LogP contribution in [0.4, 0.5) is 11.4 Å². The summed E-state index contributed by atoms with van der Waals surface area (Å²) in [5, 5.41) is 20.3. The number of rotatable bonds is 2. The van der Waals surface area contributed by atoms with Gasteiger partial charge in [-0.3, -0.25) is 5.43 Å². The van der Waals surface area contributed by atoms with Crippen LogP contribution in [-0.4, -0.2) is 5.71 Å². The lowest BCUT2D eigenvalue weighted by molar-refractivity contribution is 1.34. The predicted molar refractivity (Wildman–Crippen MR) is 53.1 cm³/mol. The highest BCUT2D eigenvalue weighted by atomic mass is 15.3. The van der Waals surface area contributed by atoms with E-state index >= 15 is 0 Å². The maximum absolute atomic E-state index is 8.38. The standard InChI is InChI=1S/C9H7N5/c10-5-9(6-11)14-13-8-3-1-7(12)2-4-8/h1-4,13H,12H2. The number of nitrogen functional groups attached to an aromatic ring is 1. The van der Waals surface area contributed by atoms with Crippen molar-refractivity contribution in [2.75, 3.05) is 11.2 Å². The molecule has 5 heteroatoms. The van der Waals surface area contributed by atoms with Crippen LogP contribution in [0.1, 0.15) is 0 Å². The molecule has 0 fully saturated rings. The average molecular weight is 185 g/mol. The van der Waals surface area contributed by atoms with Crippen LogP contribution in [0.5, 0.6) is 0 Å². The van der Waals surface area contributed by atoms with E-state index in [1.165, 1.54) is 0 Å². The summed E-state index contributed by atoms with van der Waals surface area (Å²) in [6, 6.07) is 10.1. The van der Waals surface area contributed by atoms with Crippen molar-refractivity contribution >= 4 is 17.1 Å². The second-order valence-electron chi connectivity index (χ2n) is 2.42. The summed E-state index contributed by atoms with van der Waals surface area (Å²) in [6.07, 6.45) is 0. The van der Waals surface area contributed by atoms with Gasteiger partial charge in [0, 0.05) is 5.69 Å². The molecular formula is C9H7N5. The van der Waals surface area contributed by atoms with Crippen molar-refractivity contribution in [3.63, 3.8) is 0 Å². The largest absolute Gasteiger partial charge is 0.399 e. The van der Waals surface area contributed by atoms with Crippen molar-refractivity contribution < 1.29 is 0 Å². The molecule has 1 aromatic carbocycles. The van der Waals surface area contributed by atoms with E-state index in [1.807, 2.05) is 0 Å². The first-order chi connectivity index (χ1) is 6.76. The second-order valence-corrected chi connectivity index (χ2v) is 2.42. The zero-order valence-corrected chi connectivity index (χ0v) is 7.23. The molecule has 1 rings (SSSR count). The minimum absolute atomic E-state index is 0.221. The molecule has 0 radical (unpaired) electrons. The van der Waals surface area contributed by atoms with Gasteiger partial charge in [-0.1, -0.05) is 0 Å². The molecule has 1 aromatic rings. The number of benzene rings is 1. The smallest absolute Gasteiger partial charge is 0.237 e. The van der Waals surface area contributed by atoms with E-state index in [9.17, 15) is 0 Å². The second kappa shape index (κ2) is 4.48. The fourth-order valence-corrected chi connectivity index (χ4v) is 0.753. The van der Waals surface area contributed by atoms with Crippen molar-refractivity contribution in [3.8, 4) is 12.1 Å². The molecule has 68 valence electrons. The average Bonchev–Trinajstić information content (AvgIpc) is 2.22. The van der Waals surface area contributed by atoms with E-state index in [1.54, 1.807) is 36.4 Å². The molecule has 14 heavy (non-hydrogen) atoms. The van der Waals surface area contributed by atoms with E-state index in [4.69, 9.17) is 16.3 Å². The molecule has 0 aliphatic heterocycles. The Morgan fingerprint density at radius 2 is 1.79 bits per heavy atom. The Labute approximate surface area is 81.1 Å². The summed E-state index contributed by atoms with van der Waals surface area (Å²) in [4.78, 5) is 0. The molecule has 5 nitrogen and oxygen atoms in total. The Morgan fingerprint density at radius 1 is 1.21 bits per heavy atom. The Kier molecular flexibility index (Phi) is 3.06. The van der Waals surface area contributed by atoms with Crippen molar-refractivity contribution in [1.82, 2.24) is 0 Å². The third-order valence-electron chi connectivity index (χ3n) is 1.42. The van der Waals surface area contributed by atoms with Crippen LogP contribution in [0, 0.1) is 22.7 Å². The molecule has 0 unspecified atom stereocenters. The molecule has 0 saturated carbocycles. The normalized spacial score (nSPS) is 8.14. The fourth-order valence-electron chi connectivity index (χ4n) is 0.753. The van der Waals surface area contributed by atoms with E-state index in [-0.39, 0.29) is 5.71 Å². The monoisotopic (exact) mass is 185 g/mol. The lowest BCUT2D eigenvalue weighted by Crippen LogP contribution is -1.96. The highest BCUT2D eigenvalue weighted by Crippen LogP contribution is 2.09. The molecule has 0 saturated heterocycles. The van der Waals surface area contributed by atoms with Gasteiger partial charge >= 0.3 is 0 Å². The Morgan fingerprint density at radius 3 is 2.29 bits per heavy atom. The first-order valence-corrected chi connectivity index (χ1v) is 3.75. The summed E-state index contributed by atoms with van der Waals surface area (Å²) in [5.74, 6) is 0. The van der Waals surface area contributed by atoms with Crippen LogP contribution >= 0.6 is 0 Å². The van der Waals surface area contributed by atoms with Gasteiger partial charge in [-0.15, -0.1) is 0 Å². The lowest BCUT2D eigenvalue weighted by Gasteiger charge is -1.99. The summed E-state index contributed by atoms with van der Waals surface area (Å²) < 4.78 is 0. The van der Waals surface area contributed by atoms with Gasteiger partial charge in [0.1, 0.15) is 12.1 Å². The zero-order valence-electron chi connectivity index (χ0n) is 7.23. The lowest BCUT2D eigenvalue weighted by atomic mass is 10.3. The van der Waals surface area contributed by atoms with Crippen LogP contribution < -0.4 is 11.2 Å². The Balaban J connectivity index is 2.73. The maximum atomic E-state index is 8.38. The summed E-state index contributed by atoms with van der Waals surface area (Å²) in [7, 11) is 0. The van der Waals surface area contributed by atoms with Gasteiger partial charge in [-0.25, -0.2) is 0 Å². The van der Waals surface area contributed by atoms with Gasteiger partial charge in [-0.05, 0) is 24.3 Å². The number of nitrogens with one attached hydrogen (secondary N) is 1. The van der Waals surface area contributed by atoms with Crippen LogP contribution in [0.2, 0.25) is 0 Å². The first-order valence-electron chi connectivity index (χ1n) is 3.75. The van der Waals surface area contributed by atoms with Crippen LogP contribution in [0.25, 0.3) is 0 Å². The van der Waals surface area contributed by atoms with Crippen molar-refractivity contribution in [1.29, 1.82) is 10.5 Å². The number of nitriles is 2. The Hall–Kier alpha value is -2.53. The molecule has 3 N–H and O–H groups in total. The molecule has 0 amide bonds. The van der Waals surface area contributed by atoms with Crippen LogP contribution in [0.3, 0.4) is 0 Å². The zero-order chi connectivity index (χ0) is 10.4. The molecular weight excluding hydrogens is 178 g/mol. The van der Waals surface area contributed by atoms with Gasteiger partial charge in [0.15, 0.2) is 0 Å². The highest BCUT2D eigenvalue weighted by Gasteiger charge is 1.93. The number of nitrogens with zero attached hydrogens (tertiary/aromatic N) is 3. The minimum atomic E-state index is -0.221. The van der Waals surface area contributed by atoms with Gasteiger partial charge in [0.05, 0.1) is 5.69 Å². The number of hydrogen-bond acceptors (Lipinski definition) is 5. The van der Waals surface area contributed by atoms with E-state index in [0.717, 1.165) is 0 Å². The molecule has 0 aromatic heterocycles. The number of nitrogens with two attached hydrogens (primary N) is 1. The Bertz CT molecular complexity index is 402. The molecule has 0 heterocycles. The van der Waals surface area contributed by atoms with Crippen molar-refractivity contribution in [3.05, 3.63) is 24.3 Å². The molecule has 0 aliphatic rings. The fraction of sp³-hybridized carbons (Fsp3) is 0. The van der Waals surface area contributed by atoms with E-state index in [0.29, 0.717) is 11.4 Å². The molecule has 0 spiro atoms. The quantitative estimate of drug-likeness (QED) is 0.409. The first kappa shape index (κ1) is 9.56. The topological polar surface area (TPSA) is 98.0 Å². The van der Waals surface area contributed by atoms with E-state index in [2.05, 4.69) is 10.5 Å². The van der Waals surface area contributed by atoms with Crippen molar-refractivity contribution in [2.45, 2.75) is 0 Å². The number of hydrogen-bond donors (Lipinski definition) is 2.